The molecule has 0 aliphatic rings. The van der Waals surface area contributed by atoms with Crippen molar-refractivity contribution in [2.75, 3.05) is 17.6 Å². The van der Waals surface area contributed by atoms with E-state index in [0.29, 0.717) is 5.69 Å². The van der Waals surface area contributed by atoms with Gasteiger partial charge in [-0.3, -0.25) is 4.68 Å². The highest BCUT2D eigenvalue weighted by Gasteiger charge is 2.02. The van der Waals surface area contributed by atoms with Gasteiger partial charge in [-0.1, -0.05) is 0 Å². The Morgan fingerprint density at radius 3 is 2.68 bits per heavy atom. The molecule has 0 atom stereocenters. The van der Waals surface area contributed by atoms with Crippen molar-refractivity contribution in [3.8, 4) is 0 Å². The molecule has 0 fully saturated rings. The molecule has 3 N–H and O–H groups in total. The van der Waals surface area contributed by atoms with E-state index >= 15 is 0 Å². The van der Waals surface area contributed by atoms with E-state index in [4.69, 9.17) is 5.73 Å². The first kappa shape index (κ1) is 13.4. The SMILES string of the molecule is Cc1cnc(NCCCn2nc(C)cc2C)c(N)c1. The van der Waals surface area contributed by atoms with Gasteiger partial charge in [0.15, 0.2) is 0 Å². The van der Waals surface area contributed by atoms with Crippen molar-refractivity contribution in [1.29, 1.82) is 0 Å². The Kier molecular flexibility index (Phi) is 4.04. The van der Waals surface area contributed by atoms with E-state index in [0.717, 1.165) is 36.6 Å². The molecule has 0 radical (unpaired) electrons. The number of nitrogen functional groups attached to an aromatic ring is 1. The van der Waals surface area contributed by atoms with Crippen LogP contribution in [0.4, 0.5) is 11.5 Å². The first-order chi connectivity index (χ1) is 9.06. The molecule has 5 heteroatoms. The largest absolute Gasteiger partial charge is 0.396 e. The van der Waals surface area contributed by atoms with Gasteiger partial charge >= 0.3 is 0 Å². The molecule has 0 spiro atoms. The van der Waals surface area contributed by atoms with Gasteiger partial charge in [-0.05, 0) is 44.9 Å². The Hall–Kier alpha value is -2.04. The van der Waals surface area contributed by atoms with E-state index in [-0.39, 0.29) is 0 Å². The number of hydrogen-bond donors (Lipinski definition) is 2. The number of nitrogens with two attached hydrogens (primary N) is 1. The van der Waals surface area contributed by atoms with E-state index in [9.17, 15) is 0 Å². The van der Waals surface area contributed by atoms with Crippen LogP contribution in [-0.4, -0.2) is 21.3 Å². The Labute approximate surface area is 113 Å². The third kappa shape index (κ3) is 3.47. The molecule has 0 unspecified atom stereocenters. The molecule has 102 valence electrons. The van der Waals surface area contributed by atoms with E-state index in [1.54, 1.807) is 0 Å². The molecule has 2 aromatic heterocycles. The van der Waals surface area contributed by atoms with Crippen molar-refractivity contribution in [1.82, 2.24) is 14.8 Å². The maximum Gasteiger partial charge on any atom is 0.149 e. The third-order valence-electron chi connectivity index (χ3n) is 3.00. The molecular weight excluding hydrogens is 238 g/mol. The zero-order valence-electron chi connectivity index (χ0n) is 11.8. The van der Waals surface area contributed by atoms with Crippen LogP contribution in [0.3, 0.4) is 0 Å². The molecule has 0 aliphatic carbocycles. The summed E-state index contributed by atoms with van der Waals surface area (Å²) in [6.45, 7) is 7.80. The molecule has 0 saturated heterocycles. The summed E-state index contributed by atoms with van der Waals surface area (Å²) in [6, 6.07) is 4.02. The van der Waals surface area contributed by atoms with Gasteiger partial charge in [0, 0.05) is 25.0 Å². The highest BCUT2D eigenvalue weighted by atomic mass is 15.3. The van der Waals surface area contributed by atoms with Crippen molar-refractivity contribution in [2.45, 2.75) is 33.7 Å². The number of nitrogens with zero attached hydrogens (tertiary/aromatic N) is 3. The predicted octanol–water partition coefficient (Wildman–Crippen LogP) is 2.29. The Bertz CT molecular complexity index is 559. The van der Waals surface area contributed by atoms with E-state index < -0.39 is 0 Å². The van der Waals surface area contributed by atoms with Crippen molar-refractivity contribution in [3.63, 3.8) is 0 Å². The molecule has 2 rings (SSSR count). The summed E-state index contributed by atoms with van der Waals surface area (Å²) in [5.74, 6) is 0.763. The summed E-state index contributed by atoms with van der Waals surface area (Å²) in [5, 5.41) is 7.69. The van der Waals surface area contributed by atoms with E-state index in [1.807, 2.05) is 30.8 Å². The summed E-state index contributed by atoms with van der Waals surface area (Å²) in [6.07, 6.45) is 2.80. The first-order valence-electron chi connectivity index (χ1n) is 6.53. The summed E-state index contributed by atoms with van der Waals surface area (Å²) in [4.78, 5) is 4.29. The van der Waals surface area contributed by atoms with Gasteiger partial charge in [-0.15, -0.1) is 0 Å². The summed E-state index contributed by atoms with van der Waals surface area (Å²) >= 11 is 0. The summed E-state index contributed by atoms with van der Waals surface area (Å²) < 4.78 is 2.03. The smallest absolute Gasteiger partial charge is 0.149 e. The lowest BCUT2D eigenvalue weighted by Gasteiger charge is -2.09. The number of pyridine rings is 1. The van der Waals surface area contributed by atoms with Gasteiger partial charge in [0.25, 0.3) is 0 Å². The van der Waals surface area contributed by atoms with Crippen LogP contribution in [0, 0.1) is 20.8 Å². The minimum absolute atomic E-state index is 0.700. The zero-order valence-corrected chi connectivity index (χ0v) is 11.8. The minimum Gasteiger partial charge on any atom is -0.396 e. The fourth-order valence-corrected chi connectivity index (χ4v) is 2.08. The van der Waals surface area contributed by atoms with Crippen LogP contribution in [-0.2, 0) is 6.54 Å². The first-order valence-corrected chi connectivity index (χ1v) is 6.53. The van der Waals surface area contributed by atoms with Crippen molar-refractivity contribution in [3.05, 3.63) is 35.3 Å². The van der Waals surface area contributed by atoms with Gasteiger partial charge in [-0.2, -0.15) is 5.10 Å². The van der Waals surface area contributed by atoms with E-state index in [1.165, 1.54) is 5.69 Å². The highest BCUT2D eigenvalue weighted by Crippen LogP contribution is 2.15. The summed E-state index contributed by atoms with van der Waals surface area (Å²) in [5.41, 5.74) is 9.94. The lowest BCUT2D eigenvalue weighted by Crippen LogP contribution is -2.10. The quantitative estimate of drug-likeness (QED) is 0.808. The average Bonchev–Trinajstić information content (AvgIpc) is 2.65. The van der Waals surface area contributed by atoms with Gasteiger partial charge in [-0.25, -0.2) is 4.98 Å². The molecule has 0 aliphatic heterocycles. The van der Waals surface area contributed by atoms with Gasteiger partial charge in [0.1, 0.15) is 5.82 Å². The number of aryl methyl sites for hydroxylation is 4. The van der Waals surface area contributed by atoms with Gasteiger partial charge < -0.3 is 11.1 Å². The van der Waals surface area contributed by atoms with Crippen LogP contribution in [0.5, 0.6) is 0 Å². The number of aromatic nitrogens is 3. The molecule has 0 bridgehead atoms. The van der Waals surface area contributed by atoms with Crippen LogP contribution in [0.1, 0.15) is 23.4 Å². The molecular formula is C14H21N5. The Balaban J connectivity index is 1.82. The normalized spacial score (nSPS) is 10.7. The molecule has 5 nitrogen and oxygen atoms in total. The molecule has 0 aromatic carbocycles. The Morgan fingerprint density at radius 2 is 2.05 bits per heavy atom. The molecule has 2 aromatic rings. The number of nitrogens with one attached hydrogen (secondary N) is 1. The molecule has 2 heterocycles. The standard InChI is InChI=1S/C14H21N5/c1-10-7-13(15)14(17-9-10)16-5-4-6-19-12(3)8-11(2)18-19/h7-9H,4-6,15H2,1-3H3,(H,16,17). The number of anilines is 2. The van der Waals surface area contributed by atoms with Crippen molar-refractivity contribution >= 4 is 11.5 Å². The second-order valence-electron chi connectivity index (χ2n) is 4.88. The second kappa shape index (κ2) is 5.73. The number of rotatable bonds is 5. The van der Waals surface area contributed by atoms with Gasteiger partial charge in [0.2, 0.25) is 0 Å². The Morgan fingerprint density at radius 1 is 1.26 bits per heavy atom. The van der Waals surface area contributed by atoms with Crippen LogP contribution in [0.15, 0.2) is 18.3 Å². The maximum absolute atomic E-state index is 5.90. The van der Waals surface area contributed by atoms with Crippen LogP contribution < -0.4 is 11.1 Å². The topological polar surface area (TPSA) is 68.8 Å². The summed E-state index contributed by atoms with van der Waals surface area (Å²) in [7, 11) is 0. The monoisotopic (exact) mass is 259 g/mol. The lowest BCUT2D eigenvalue weighted by atomic mass is 10.3. The number of hydrogen-bond acceptors (Lipinski definition) is 4. The molecule has 19 heavy (non-hydrogen) atoms. The van der Waals surface area contributed by atoms with Crippen LogP contribution in [0.25, 0.3) is 0 Å². The van der Waals surface area contributed by atoms with Crippen molar-refractivity contribution in [2.24, 2.45) is 0 Å². The fourth-order valence-electron chi connectivity index (χ4n) is 2.08. The predicted molar refractivity (Wildman–Crippen MR) is 78.2 cm³/mol. The van der Waals surface area contributed by atoms with E-state index in [2.05, 4.69) is 28.4 Å². The lowest BCUT2D eigenvalue weighted by molar-refractivity contribution is 0.573. The molecule has 0 amide bonds. The second-order valence-corrected chi connectivity index (χ2v) is 4.88. The zero-order chi connectivity index (χ0) is 13.8. The van der Waals surface area contributed by atoms with Crippen LogP contribution >= 0.6 is 0 Å². The maximum atomic E-state index is 5.90. The third-order valence-corrected chi connectivity index (χ3v) is 3.00. The van der Waals surface area contributed by atoms with Crippen LogP contribution in [0.2, 0.25) is 0 Å². The minimum atomic E-state index is 0.700. The van der Waals surface area contributed by atoms with Crippen molar-refractivity contribution < 1.29 is 0 Å². The molecule has 0 saturated carbocycles. The fraction of sp³-hybridized carbons (Fsp3) is 0.429. The van der Waals surface area contributed by atoms with Gasteiger partial charge in [0.05, 0.1) is 11.4 Å². The highest BCUT2D eigenvalue weighted by molar-refractivity contribution is 5.61. The average molecular weight is 259 g/mol.